The van der Waals surface area contributed by atoms with Gasteiger partial charge in [-0.2, -0.15) is 0 Å². The number of fused-ring (bicyclic) bond motifs is 4. The minimum atomic E-state index is 0.321. The van der Waals surface area contributed by atoms with Gasteiger partial charge in [0.1, 0.15) is 0 Å². The van der Waals surface area contributed by atoms with Crippen molar-refractivity contribution < 1.29 is 4.79 Å². The fraction of sp³-hybridized carbons (Fsp3) is 0.947. The van der Waals surface area contributed by atoms with Crippen LogP contribution in [0.15, 0.2) is 0 Å². The fourth-order valence-electron chi connectivity index (χ4n) is 6.54. The van der Waals surface area contributed by atoms with Crippen LogP contribution in [0.25, 0.3) is 0 Å². The maximum Gasteiger partial charge on any atom is 0.220 e. The summed E-state index contributed by atoms with van der Waals surface area (Å²) in [4.78, 5) is 12.5. The Morgan fingerprint density at radius 1 is 1.10 bits per heavy atom. The van der Waals surface area contributed by atoms with E-state index in [1.165, 1.54) is 44.9 Å². The Balaban J connectivity index is 1.38. The molecule has 2 nitrogen and oxygen atoms in total. The maximum absolute atomic E-state index is 12.5. The van der Waals surface area contributed by atoms with Crippen LogP contribution in [0.3, 0.4) is 0 Å². The number of carbonyl (C=O) groups excluding carboxylic acids is 1. The second-order valence-corrected chi connectivity index (χ2v) is 9.37. The van der Waals surface area contributed by atoms with Gasteiger partial charge in [0.25, 0.3) is 0 Å². The smallest absolute Gasteiger partial charge is 0.220 e. The fourth-order valence-corrected chi connectivity index (χ4v) is 6.54. The molecule has 4 rings (SSSR count). The molecule has 0 aromatic carbocycles. The molecule has 6 unspecified atom stereocenters. The number of carbonyl (C=O) groups is 1. The van der Waals surface area contributed by atoms with Gasteiger partial charge in [0.15, 0.2) is 0 Å². The zero-order chi connectivity index (χ0) is 14.8. The SMILES string of the molecule is CC1(C)C2CCC1(C)C(NC(=O)CC1CC3CCC1C3)C2. The van der Waals surface area contributed by atoms with E-state index in [1.807, 2.05) is 0 Å². The summed E-state index contributed by atoms with van der Waals surface area (Å²) in [5.41, 5.74) is 0.722. The van der Waals surface area contributed by atoms with Gasteiger partial charge in [-0.15, -0.1) is 0 Å². The molecular weight excluding hydrogens is 258 g/mol. The van der Waals surface area contributed by atoms with E-state index in [1.54, 1.807) is 0 Å². The van der Waals surface area contributed by atoms with Crippen LogP contribution >= 0.6 is 0 Å². The zero-order valence-corrected chi connectivity index (χ0v) is 14.0. The van der Waals surface area contributed by atoms with Crippen LogP contribution in [0, 0.1) is 34.5 Å². The molecule has 1 amide bonds. The third kappa shape index (κ3) is 1.93. The van der Waals surface area contributed by atoms with Crippen LogP contribution in [-0.2, 0) is 4.79 Å². The standard InChI is InChI=1S/C19H31NO/c1-18(2)15-6-7-19(18,3)16(11-15)20-17(21)10-14-9-12-4-5-13(14)8-12/h12-16H,4-11H2,1-3H3,(H,20,21). The topological polar surface area (TPSA) is 29.1 Å². The van der Waals surface area contributed by atoms with E-state index < -0.39 is 0 Å². The minimum absolute atomic E-state index is 0.321. The average molecular weight is 289 g/mol. The summed E-state index contributed by atoms with van der Waals surface area (Å²) in [6, 6.07) is 0.428. The Labute approximate surface area is 129 Å². The summed E-state index contributed by atoms with van der Waals surface area (Å²) < 4.78 is 0. The van der Waals surface area contributed by atoms with Gasteiger partial charge in [0.05, 0.1) is 0 Å². The lowest BCUT2D eigenvalue weighted by molar-refractivity contribution is -0.124. The van der Waals surface area contributed by atoms with Gasteiger partial charge in [-0.1, -0.05) is 27.2 Å². The largest absolute Gasteiger partial charge is 0.353 e. The molecule has 2 heteroatoms. The Bertz CT molecular complexity index is 456. The van der Waals surface area contributed by atoms with E-state index >= 15 is 0 Å². The van der Waals surface area contributed by atoms with E-state index in [0.717, 1.165) is 24.2 Å². The van der Waals surface area contributed by atoms with Gasteiger partial charge >= 0.3 is 0 Å². The van der Waals surface area contributed by atoms with E-state index in [2.05, 4.69) is 26.1 Å². The quantitative estimate of drug-likeness (QED) is 0.831. The summed E-state index contributed by atoms with van der Waals surface area (Å²) >= 11 is 0. The first-order valence-corrected chi connectivity index (χ1v) is 9.19. The first-order chi connectivity index (χ1) is 9.90. The molecule has 1 N–H and O–H groups in total. The number of nitrogens with one attached hydrogen (secondary N) is 1. The molecule has 0 saturated heterocycles. The molecule has 0 aromatic heterocycles. The van der Waals surface area contributed by atoms with Gasteiger partial charge in [-0.3, -0.25) is 4.79 Å². The van der Waals surface area contributed by atoms with Crippen molar-refractivity contribution in [2.75, 3.05) is 0 Å². The highest BCUT2D eigenvalue weighted by atomic mass is 16.1. The second kappa shape index (κ2) is 4.49. The van der Waals surface area contributed by atoms with E-state index in [0.29, 0.717) is 28.7 Å². The molecule has 4 saturated carbocycles. The van der Waals surface area contributed by atoms with E-state index in [9.17, 15) is 4.79 Å². The summed E-state index contributed by atoms with van der Waals surface area (Å²) in [7, 11) is 0. The third-order valence-electron chi connectivity index (χ3n) is 8.46. The van der Waals surface area contributed by atoms with Crippen LogP contribution in [0.5, 0.6) is 0 Å². The molecule has 4 fully saturated rings. The molecule has 6 atom stereocenters. The summed E-state index contributed by atoms with van der Waals surface area (Å²) in [5, 5.41) is 3.45. The lowest BCUT2D eigenvalue weighted by Gasteiger charge is -2.39. The summed E-state index contributed by atoms with van der Waals surface area (Å²) in [5.74, 6) is 3.68. The lowest BCUT2D eigenvalue weighted by atomic mass is 9.69. The van der Waals surface area contributed by atoms with Crippen molar-refractivity contribution in [2.24, 2.45) is 34.5 Å². The highest BCUT2D eigenvalue weighted by Crippen LogP contribution is 2.65. The molecule has 118 valence electrons. The predicted molar refractivity (Wildman–Crippen MR) is 84.7 cm³/mol. The second-order valence-electron chi connectivity index (χ2n) is 9.37. The molecule has 0 radical (unpaired) electrons. The Morgan fingerprint density at radius 3 is 2.43 bits per heavy atom. The van der Waals surface area contributed by atoms with Gasteiger partial charge in [-0.05, 0) is 73.0 Å². The van der Waals surface area contributed by atoms with Crippen LogP contribution in [0.4, 0.5) is 0 Å². The molecule has 0 aliphatic heterocycles. The molecule has 4 aliphatic carbocycles. The normalized spacial score (nSPS) is 49.8. The maximum atomic E-state index is 12.5. The zero-order valence-electron chi connectivity index (χ0n) is 14.0. The first kappa shape index (κ1) is 14.1. The number of rotatable bonds is 3. The Hall–Kier alpha value is -0.530. The van der Waals surface area contributed by atoms with Gasteiger partial charge in [0.2, 0.25) is 5.91 Å². The summed E-state index contributed by atoms with van der Waals surface area (Å²) in [6.45, 7) is 7.27. The van der Waals surface area contributed by atoms with Gasteiger partial charge in [0, 0.05) is 12.5 Å². The number of hydrogen-bond acceptors (Lipinski definition) is 1. The van der Waals surface area contributed by atoms with Crippen LogP contribution in [-0.4, -0.2) is 11.9 Å². The molecular formula is C19H31NO. The highest BCUT2D eigenvalue weighted by molar-refractivity contribution is 5.76. The summed E-state index contributed by atoms with van der Waals surface area (Å²) in [6.07, 6.45) is 10.2. The van der Waals surface area contributed by atoms with Crippen molar-refractivity contribution in [1.82, 2.24) is 5.32 Å². The van der Waals surface area contributed by atoms with Gasteiger partial charge in [-0.25, -0.2) is 0 Å². The first-order valence-electron chi connectivity index (χ1n) is 9.19. The van der Waals surface area contributed by atoms with E-state index in [4.69, 9.17) is 0 Å². The van der Waals surface area contributed by atoms with Crippen LogP contribution in [0.2, 0.25) is 0 Å². The van der Waals surface area contributed by atoms with Crippen molar-refractivity contribution >= 4 is 5.91 Å². The Kier molecular flexibility index (Phi) is 3.01. The molecule has 21 heavy (non-hydrogen) atoms. The van der Waals surface area contributed by atoms with Crippen LogP contribution < -0.4 is 5.32 Å². The Morgan fingerprint density at radius 2 is 1.90 bits per heavy atom. The predicted octanol–water partition coefficient (Wildman–Crippen LogP) is 4.14. The number of amides is 1. The van der Waals surface area contributed by atoms with Crippen molar-refractivity contribution in [2.45, 2.75) is 78.2 Å². The molecule has 4 aliphatic rings. The molecule has 0 heterocycles. The third-order valence-corrected chi connectivity index (χ3v) is 8.46. The average Bonchev–Trinajstić information content (AvgIpc) is 3.11. The lowest BCUT2D eigenvalue weighted by Crippen LogP contribution is -2.47. The van der Waals surface area contributed by atoms with Crippen molar-refractivity contribution in [3.63, 3.8) is 0 Å². The van der Waals surface area contributed by atoms with Gasteiger partial charge < -0.3 is 5.32 Å². The van der Waals surface area contributed by atoms with Crippen molar-refractivity contribution in [3.8, 4) is 0 Å². The minimum Gasteiger partial charge on any atom is -0.353 e. The highest BCUT2D eigenvalue weighted by Gasteiger charge is 2.61. The molecule has 0 spiro atoms. The van der Waals surface area contributed by atoms with Crippen molar-refractivity contribution in [3.05, 3.63) is 0 Å². The number of hydrogen-bond donors (Lipinski definition) is 1. The molecule has 4 bridgehead atoms. The van der Waals surface area contributed by atoms with Crippen molar-refractivity contribution in [1.29, 1.82) is 0 Å². The van der Waals surface area contributed by atoms with Crippen LogP contribution in [0.1, 0.15) is 72.1 Å². The monoisotopic (exact) mass is 289 g/mol. The van der Waals surface area contributed by atoms with E-state index in [-0.39, 0.29) is 0 Å². The molecule has 0 aromatic rings.